The highest BCUT2D eigenvalue weighted by atomic mass is 14.4. The van der Waals surface area contributed by atoms with Gasteiger partial charge in [0, 0.05) is 5.41 Å². The van der Waals surface area contributed by atoms with Crippen molar-refractivity contribution in [1.82, 2.24) is 0 Å². The maximum Gasteiger partial charge on any atom is 0.0159 e. The lowest BCUT2D eigenvalue weighted by molar-refractivity contribution is 0.661. The second-order valence-corrected chi connectivity index (χ2v) is 15.2. The van der Waals surface area contributed by atoms with Crippen LogP contribution in [-0.2, 0) is 5.41 Å². The van der Waals surface area contributed by atoms with E-state index in [1.54, 1.807) is 0 Å². The summed E-state index contributed by atoms with van der Waals surface area (Å²) in [4.78, 5) is 0. The molecule has 0 heteroatoms. The van der Waals surface area contributed by atoms with Gasteiger partial charge in [0.1, 0.15) is 0 Å². The monoisotopic (exact) mass is 672 g/mol. The van der Waals surface area contributed by atoms with Gasteiger partial charge in [-0.3, -0.25) is 0 Å². The lowest BCUT2D eigenvalue weighted by Crippen LogP contribution is -2.14. The first-order valence-electron chi connectivity index (χ1n) is 18.7. The molecule has 53 heavy (non-hydrogen) atoms. The Morgan fingerprint density at radius 3 is 1.53 bits per heavy atom. The van der Waals surface area contributed by atoms with Gasteiger partial charge in [0.2, 0.25) is 0 Å². The van der Waals surface area contributed by atoms with Crippen LogP contribution in [0, 0.1) is 0 Å². The highest BCUT2D eigenvalue weighted by Crippen LogP contribution is 2.56. The zero-order valence-corrected chi connectivity index (χ0v) is 29.8. The molecule has 0 N–H and O–H groups in total. The van der Waals surface area contributed by atoms with Crippen LogP contribution in [0.25, 0.3) is 98.4 Å². The minimum absolute atomic E-state index is 0.108. The van der Waals surface area contributed by atoms with Gasteiger partial charge in [-0.2, -0.15) is 0 Å². The molecular weight excluding hydrogens is 637 g/mol. The topological polar surface area (TPSA) is 0 Å². The molecular formula is C53H36. The van der Waals surface area contributed by atoms with Crippen molar-refractivity contribution >= 4 is 53.9 Å². The zero-order chi connectivity index (χ0) is 35.3. The van der Waals surface area contributed by atoms with E-state index in [1.807, 2.05) is 0 Å². The fourth-order valence-electron chi connectivity index (χ4n) is 9.62. The van der Waals surface area contributed by atoms with Crippen LogP contribution in [0.2, 0.25) is 0 Å². The predicted octanol–water partition coefficient (Wildman–Crippen LogP) is 14.8. The van der Waals surface area contributed by atoms with Gasteiger partial charge in [-0.25, -0.2) is 0 Å². The Labute approximate surface area is 309 Å². The van der Waals surface area contributed by atoms with Gasteiger partial charge < -0.3 is 0 Å². The molecule has 0 nitrogen and oxygen atoms in total. The molecule has 0 atom stereocenters. The Bertz CT molecular complexity index is 3080. The number of hydrogen-bond donors (Lipinski definition) is 0. The van der Waals surface area contributed by atoms with E-state index in [-0.39, 0.29) is 5.41 Å². The molecule has 0 saturated carbocycles. The first-order chi connectivity index (χ1) is 26.1. The molecule has 1 aliphatic carbocycles. The molecule has 1 aliphatic rings. The molecule has 0 saturated heterocycles. The molecule has 0 bridgehead atoms. The fraction of sp³-hybridized carbons (Fsp3) is 0.0566. The summed E-state index contributed by atoms with van der Waals surface area (Å²) in [6.45, 7) is 4.78. The fourth-order valence-corrected chi connectivity index (χ4v) is 9.62. The van der Waals surface area contributed by atoms with E-state index < -0.39 is 0 Å². The Morgan fingerprint density at radius 2 is 0.811 bits per heavy atom. The zero-order valence-electron chi connectivity index (χ0n) is 29.8. The molecule has 10 aromatic rings. The number of fused-ring (bicyclic) bond motifs is 10. The smallest absolute Gasteiger partial charge is 0.0159 e. The second kappa shape index (κ2) is 11.2. The van der Waals surface area contributed by atoms with Crippen LogP contribution in [0.4, 0.5) is 0 Å². The van der Waals surface area contributed by atoms with Crippen molar-refractivity contribution in [3.63, 3.8) is 0 Å². The van der Waals surface area contributed by atoms with Gasteiger partial charge >= 0.3 is 0 Å². The summed E-state index contributed by atoms with van der Waals surface area (Å²) in [7, 11) is 0. The number of hydrogen-bond acceptors (Lipinski definition) is 0. The van der Waals surface area contributed by atoms with Gasteiger partial charge in [-0.05, 0) is 122 Å². The SMILES string of the molecule is CC1(C)c2cccc(-c3c4ccccc4c(-c4cccc(-c5cc6ccccc6c6ccccc56)c4)c4ccccc34)c2-c2c1ccc1ccccc21. The summed E-state index contributed by atoms with van der Waals surface area (Å²) >= 11 is 0. The van der Waals surface area contributed by atoms with Crippen molar-refractivity contribution in [2.45, 2.75) is 19.3 Å². The quantitative estimate of drug-likeness (QED) is 0.129. The van der Waals surface area contributed by atoms with Crippen LogP contribution in [0.5, 0.6) is 0 Å². The van der Waals surface area contributed by atoms with E-state index in [0.717, 1.165) is 0 Å². The standard InChI is InChI=1S/C53H36/c1-53(2)47-28-14-27-45(52(47)51-38-20-6-3-15-33(38)29-30-48(51)53)50-43-25-11-9-23-41(43)49(42-24-10-12-26-44(42)50)36-18-13-17-34(31-36)46-32-35-16-4-5-19-37(35)39-21-7-8-22-40(39)46/h3-32H,1-2H3. The van der Waals surface area contributed by atoms with E-state index in [1.165, 1.54) is 109 Å². The molecule has 0 unspecified atom stereocenters. The second-order valence-electron chi connectivity index (χ2n) is 15.2. The molecule has 11 rings (SSSR count). The van der Waals surface area contributed by atoms with Gasteiger partial charge in [-0.1, -0.05) is 184 Å². The van der Waals surface area contributed by atoms with Gasteiger partial charge in [0.15, 0.2) is 0 Å². The summed E-state index contributed by atoms with van der Waals surface area (Å²) in [6, 6.07) is 67.9. The Kier molecular flexibility index (Phi) is 6.40. The van der Waals surface area contributed by atoms with Gasteiger partial charge in [0.05, 0.1) is 0 Å². The lowest BCUT2D eigenvalue weighted by Gasteiger charge is -2.22. The third-order valence-corrected chi connectivity index (χ3v) is 12.0. The molecule has 248 valence electrons. The van der Waals surface area contributed by atoms with Crippen molar-refractivity contribution in [2.75, 3.05) is 0 Å². The average Bonchev–Trinajstić information content (AvgIpc) is 3.46. The van der Waals surface area contributed by atoms with Crippen LogP contribution in [-0.4, -0.2) is 0 Å². The first-order valence-corrected chi connectivity index (χ1v) is 18.7. The van der Waals surface area contributed by atoms with Crippen molar-refractivity contribution in [2.24, 2.45) is 0 Å². The third kappa shape index (κ3) is 4.30. The Balaban J connectivity index is 1.20. The minimum atomic E-state index is -0.108. The maximum atomic E-state index is 2.41. The van der Waals surface area contributed by atoms with E-state index in [9.17, 15) is 0 Å². The molecule has 0 aliphatic heterocycles. The molecule has 0 heterocycles. The van der Waals surface area contributed by atoms with Crippen LogP contribution in [0.1, 0.15) is 25.0 Å². The van der Waals surface area contributed by atoms with E-state index >= 15 is 0 Å². The largest absolute Gasteiger partial charge is 0.0616 e. The third-order valence-electron chi connectivity index (χ3n) is 12.0. The Morgan fingerprint density at radius 1 is 0.283 bits per heavy atom. The molecule has 0 aromatic heterocycles. The van der Waals surface area contributed by atoms with Crippen molar-refractivity contribution < 1.29 is 0 Å². The molecule has 0 fully saturated rings. The summed E-state index contributed by atoms with van der Waals surface area (Å²) in [5, 5.41) is 12.8. The summed E-state index contributed by atoms with van der Waals surface area (Å²) in [5.74, 6) is 0. The van der Waals surface area contributed by atoms with E-state index in [2.05, 4.69) is 196 Å². The van der Waals surface area contributed by atoms with Crippen LogP contribution < -0.4 is 0 Å². The van der Waals surface area contributed by atoms with E-state index in [4.69, 9.17) is 0 Å². The van der Waals surface area contributed by atoms with Crippen molar-refractivity contribution in [3.8, 4) is 44.5 Å². The summed E-state index contributed by atoms with van der Waals surface area (Å²) in [5.41, 5.74) is 13.1. The van der Waals surface area contributed by atoms with Crippen molar-refractivity contribution in [3.05, 3.63) is 193 Å². The molecule has 10 aromatic carbocycles. The van der Waals surface area contributed by atoms with Crippen LogP contribution in [0.15, 0.2) is 182 Å². The van der Waals surface area contributed by atoms with E-state index in [0.29, 0.717) is 0 Å². The summed E-state index contributed by atoms with van der Waals surface area (Å²) in [6.07, 6.45) is 0. The molecule has 0 amide bonds. The average molecular weight is 673 g/mol. The first kappa shape index (κ1) is 30.2. The van der Waals surface area contributed by atoms with Gasteiger partial charge in [-0.15, -0.1) is 0 Å². The highest BCUT2D eigenvalue weighted by molar-refractivity contribution is 6.24. The predicted molar refractivity (Wildman–Crippen MR) is 228 cm³/mol. The molecule has 0 radical (unpaired) electrons. The highest BCUT2D eigenvalue weighted by Gasteiger charge is 2.38. The van der Waals surface area contributed by atoms with Crippen LogP contribution >= 0.6 is 0 Å². The number of benzene rings is 10. The normalized spacial score (nSPS) is 13.2. The number of rotatable bonds is 3. The maximum absolute atomic E-state index is 2.41. The summed E-state index contributed by atoms with van der Waals surface area (Å²) < 4.78 is 0. The Hall–Kier alpha value is -6.50. The molecule has 0 spiro atoms. The van der Waals surface area contributed by atoms with Crippen molar-refractivity contribution in [1.29, 1.82) is 0 Å². The lowest BCUT2D eigenvalue weighted by atomic mass is 9.80. The van der Waals surface area contributed by atoms with Crippen LogP contribution in [0.3, 0.4) is 0 Å². The van der Waals surface area contributed by atoms with Gasteiger partial charge in [0.25, 0.3) is 0 Å². The minimum Gasteiger partial charge on any atom is -0.0616 e.